The first-order valence-corrected chi connectivity index (χ1v) is 7.96. The molecule has 0 aromatic heterocycles. The highest BCUT2D eigenvalue weighted by atomic mass is 79.9. The zero-order valence-corrected chi connectivity index (χ0v) is 12.5. The number of hydrogen-bond acceptors (Lipinski definition) is 1. The SMILES string of the molecule is OC(CCC1CCCCC1)Cc1cccc(Br)c1. The van der Waals surface area contributed by atoms with Crippen LogP contribution in [0.5, 0.6) is 0 Å². The molecule has 1 unspecified atom stereocenters. The molecule has 1 N–H and O–H groups in total. The van der Waals surface area contributed by atoms with E-state index in [1.54, 1.807) is 0 Å². The zero-order chi connectivity index (χ0) is 12.8. The van der Waals surface area contributed by atoms with Crippen LogP contribution in [0.2, 0.25) is 0 Å². The predicted molar refractivity (Wildman–Crippen MR) is 79.7 cm³/mol. The Kier molecular flexibility index (Phi) is 5.71. The topological polar surface area (TPSA) is 20.2 Å². The summed E-state index contributed by atoms with van der Waals surface area (Å²) in [5.74, 6) is 0.871. The second-order valence-electron chi connectivity index (χ2n) is 5.57. The third-order valence-corrected chi connectivity index (χ3v) is 4.49. The minimum absolute atomic E-state index is 0.179. The molecule has 1 aliphatic rings. The normalized spacial score (nSPS) is 18.8. The van der Waals surface area contributed by atoms with Crippen LogP contribution in [0.4, 0.5) is 0 Å². The lowest BCUT2D eigenvalue weighted by Crippen LogP contribution is -2.14. The maximum Gasteiger partial charge on any atom is 0.0580 e. The summed E-state index contributed by atoms with van der Waals surface area (Å²) in [5, 5.41) is 10.1. The first-order chi connectivity index (χ1) is 8.74. The largest absolute Gasteiger partial charge is 0.393 e. The minimum Gasteiger partial charge on any atom is -0.393 e. The Morgan fingerprint density at radius 3 is 2.72 bits per heavy atom. The van der Waals surface area contributed by atoms with E-state index >= 15 is 0 Å². The molecule has 1 atom stereocenters. The summed E-state index contributed by atoms with van der Waals surface area (Å²) < 4.78 is 1.10. The Balaban J connectivity index is 1.72. The molecule has 0 amide bonds. The highest BCUT2D eigenvalue weighted by molar-refractivity contribution is 9.10. The number of aliphatic hydroxyl groups is 1. The van der Waals surface area contributed by atoms with E-state index in [9.17, 15) is 5.11 Å². The highest BCUT2D eigenvalue weighted by Gasteiger charge is 2.15. The van der Waals surface area contributed by atoms with Crippen LogP contribution in [0.1, 0.15) is 50.5 Å². The summed E-state index contributed by atoms with van der Waals surface area (Å²) >= 11 is 3.47. The molecule has 1 saturated carbocycles. The summed E-state index contributed by atoms with van der Waals surface area (Å²) in [6.45, 7) is 0. The predicted octanol–water partition coefficient (Wildman–Crippen LogP) is 4.71. The third-order valence-electron chi connectivity index (χ3n) is 3.99. The van der Waals surface area contributed by atoms with Crippen molar-refractivity contribution in [1.29, 1.82) is 0 Å². The van der Waals surface area contributed by atoms with Crippen molar-refractivity contribution >= 4 is 15.9 Å². The number of aliphatic hydroxyl groups excluding tert-OH is 1. The molecule has 2 heteroatoms. The Labute approximate surface area is 119 Å². The van der Waals surface area contributed by atoms with Gasteiger partial charge < -0.3 is 5.11 Å². The molecule has 18 heavy (non-hydrogen) atoms. The van der Waals surface area contributed by atoms with Crippen LogP contribution in [0, 0.1) is 5.92 Å². The van der Waals surface area contributed by atoms with Crippen molar-refractivity contribution in [1.82, 2.24) is 0 Å². The van der Waals surface area contributed by atoms with Crippen molar-refractivity contribution in [2.45, 2.75) is 57.5 Å². The average Bonchev–Trinajstić information content (AvgIpc) is 2.38. The third kappa shape index (κ3) is 4.74. The van der Waals surface area contributed by atoms with Gasteiger partial charge in [0, 0.05) is 4.47 Å². The van der Waals surface area contributed by atoms with Crippen molar-refractivity contribution in [3.8, 4) is 0 Å². The zero-order valence-electron chi connectivity index (χ0n) is 10.9. The number of halogens is 1. The Morgan fingerprint density at radius 2 is 2.00 bits per heavy atom. The van der Waals surface area contributed by atoms with Gasteiger partial charge in [-0.2, -0.15) is 0 Å². The van der Waals surface area contributed by atoms with Crippen LogP contribution in [-0.4, -0.2) is 11.2 Å². The van der Waals surface area contributed by atoms with Crippen LogP contribution in [0.15, 0.2) is 28.7 Å². The molecule has 0 aliphatic heterocycles. The fraction of sp³-hybridized carbons (Fsp3) is 0.625. The van der Waals surface area contributed by atoms with E-state index in [0.29, 0.717) is 0 Å². The number of hydrogen-bond donors (Lipinski definition) is 1. The highest BCUT2D eigenvalue weighted by Crippen LogP contribution is 2.28. The van der Waals surface area contributed by atoms with Crippen LogP contribution in [0.3, 0.4) is 0 Å². The van der Waals surface area contributed by atoms with Crippen LogP contribution >= 0.6 is 15.9 Å². The molecule has 1 aromatic carbocycles. The van der Waals surface area contributed by atoms with E-state index in [2.05, 4.69) is 28.1 Å². The first-order valence-electron chi connectivity index (χ1n) is 7.16. The van der Waals surface area contributed by atoms with Gasteiger partial charge in [0.1, 0.15) is 0 Å². The van der Waals surface area contributed by atoms with Gasteiger partial charge >= 0.3 is 0 Å². The summed E-state index contributed by atoms with van der Waals surface area (Å²) in [6.07, 6.45) is 9.72. The van der Waals surface area contributed by atoms with Gasteiger partial charge in [-0.1, -0.05) is 60.2 Å². The molecule has 1 fully saturated rings. The molecule has 100 valence electrons. The molecule has 1 aromatic rings. The van der Waals surface area contributed by atoms with E-state index in [1.165, 1.54) is 44.1 Å². The number of benzene rings is 1. The molecule has 0 spiro atoms. The van der Waals surface area contributed by atoms with Crippen LogP contribution < -0.4 is 0 Å². The quantitative estimate of drug-likeness (QED) is 0.834. The second-order valence-corrected chi connectivity index (χ2v) is 6.48. The average molecular weight is 311 g/mol. The molecule has 0 heterocycles. The summed E-state index contributed by atoms with van der Waals surface area (Å²) in [7, 11) is 0. The Bertz CT molecular complexity index is 358. The molecule has 0 radical (unpaired) electrons. The summed E-state index contributed by atoms with van der Waals surface area (Å²) in [6, 6.07) is 8.25. The van der Waals surface area contributed by atoms with Gasteiger partial charge in [0.15, 0.2) is 0 Å². The number of rotatable bonds is 5. The van der Waals surface area contributed by atoms with Crippen LogP contribution in [-0.2, 0) is 6.42 Å². The Morgan fingerprint density at radius 1 is 1.22 bits per heavy atom. The van der Waals surface area contributed by atoms with Gasteiger partial charge in [-0.3, -0.25) is 0 Å². The fourth-order valence-electron chi connectivity index (χ4n) is 2.94. The summed E-state index contributed by atoms with van der Waals surface area (Å²) in [4.78, 5) is 0. The van der Waals surface area contributed by atoms with E-state index in [1.807, 2.05) is 12.1 Å². The standard InChI is InChI=1S/C16H23BrO/c17-15-8-4-7-14(11-15)12-16(18)10-9-13-5-2-1-3-6-13/h4,7-8,11,13,16,18H,1-3,5-6,9-10,12H2. The first kappa shape index (κ1) is 14.1. The van der Waals surface area contributed by atoms with Crippen molar-refractivity contribution in [3.05, 3.63) is 34.3 Å². The molecule has 2 rings (SSSR count). The molecule has 1 aliphatic carbocycles. The van der Waals surface area contributed by atoms with E-state index in [4.69, 9.17) is 0 Å². The van der Waals surface area contributed by atoms with Gasteiger partial charge in [0.25, 0.3) is 0 Å². The lowest BCUT2D eigenvalue weighted by atomic mass is 9.85. The van der Waals surface area contributed by atoms with Gasteiger partial charge in [0.05, 0.1) is 6.10 Å². The monoisotopic (exact) mass is 310 g/mol. The van der Waals surface area contributed by atoms with Crippen LogP contribution in [0.25, 0.3) is 0 Å². The van der Waals surface area contributed by atoms with E-state index in [-0.39, 0.29) is 6.10 Å². The molecular weight excluding hydrogens is 288 g/mol. The Hall–Kier alpha value is -0.340. The molecule has 1 nitrogen and oxygen atoms in total. The lowest BCUT2D eigenvalue weighted by molar-refractivity contribution is 0.149. The van der Waals surface area contributed by atoms with Crippen molar-refractivity contribution in [3.63, 3.8) is 0 Å². The smallest absolute Gasteiger partial charge is 0.0580 e. The van der Waals surface area contributed by atoms with Crippen molar-refractivity contribution in [2.24, 2.45) is 5.92 Å². The maximum absolute atomic E-state index is 10.1. The molecule has 0 bridgehead atoms. The van der Waals surface area contributed by atoms with Gasteiger partial charge in [-0.25, -0.2) is 0 Å². The lowest BCUT2D eigenvalue weighted by Gasteiger charge is -2.22. The minimum atomic E-state index is -0.179. The fourth-order valence-corrected chi connectivity index (χ4v) is 3.39. The van der Waals surface area contributed by atoms with Gasteiger partial charge in [-0.05, 0) is 42.9 Å². The van der Waals surface area contributed by atoms with Gasteiger partial charge in [0.2, 0.25) is 0 Å². The molecular formula is C16H23BrO. The van der Waals surface area contributed by atoms with Crippen molar-refractivity contribution in [2.75, 3.05) is 0 Å². The maximum atomic E-state index is 10.1. The van der Waals surface area contributed by atoms with E-state index in [0.717, 1.165) is 23.2 Å². The molecule has 0 saturated heterocycles. The van der Waals surface area contributed by atoms with E-state index < -0.39 is 0 Å². The van der Waals surface area contributed by atoms with Gasteiger partial charge in [-0.15, -0.1) is 0 Å². The van der Waals surface area contributed by atoms with Crippen molar-refractivity contribution < 1.29 is 5.11 Å². The summed E-state index contributed by atoms with van der Waals surface area (Å²) in [5.41, 5.74) is 1.22. The second kappa shape index (κ2) is 7.30.